The van der Waals surface area contributed by atoms with Gasteiger partial charge in [0.05, 0.1) is 11.2 Å². The number of fused-ring (bicyclic) bond motifs is 3. The van der Waals surface area contributed by atoms with Gasteiger partial charge in [0.25, 0.3) is 0 Å². The number of nitrogens with zero attached hydrogens (tertiary/aromatic N) is 1. The quantitative estimate of drug-likeness (QED) is 0.665. The van der Waals surface area contributed by atoms with Crippen LogP contribution in [0, 0.1) is 5.92 Å². The Morgan fingerprint density at radius 1 is 1.21 bits per heavy atom. The third kappa shape index (κ3) is 4.65. The Morgan fingerprint density at radius 2 is 1.93 bits per heavy atom. The van der Waals surface area contributed by atoms with E-state index in [2.05, 4.69) is 14.4 Å². The van der Waals surface area contributed by atoms with Gasteiger partial charge in [0.1, 0.15) is 5.15 Å². The van der Waals surface area contributed by atoms with Gasteiger partial charge in [-0.1, -0.05) is 25.4 Å². The molecule has 2 N–H and O–H groups in total. The second-order valence-electron chi connectivity index (χ2n) is 7.58. The van der Waals surface area contributed by atoms with Crippen LogP contribution in [-0.2, 0) is 26.5 Å². The summed E-state index contributed by atoms with van der Waals surface area (Å²) < 4.78 is 54.9. The van der Waals surface area contributed by atoms with E-state index in [4.69, 9.17) is 11.6 Å². The van der Waals surface area contributed by atoms with Crippen LogP contribution in [-0.4, -0.2) is 34.6 Å². The summed E-state index contributed by atoms with van der Waals surface area (Å²) in [6.45, 7) is 4.13. The van der Waals surface area contributed by atoms with Crippen LogP contribution in [0.5, 0.6) is 0 Å². The van der Waals surface area contributed by atoms with Crippen LogP contribution < -0.4 is 9.44 Å². The average Bonchev–Trinajstić information content (AvgIpc) is 2.58. The van der Waals surface area contributed by atoms with Crippen LogP contribution in [0.1, 0.15) is 43.9 Å². The second kappa shape index (κ2) is 7.87. The first-order chi connectivity index (χ1) is 13.0. The van der Waals surface area contributed by atoms with Gasteiger partial charge in [-0.2, -0.15) is 0 Å². The maximum absolute atomic E-state index is 13.0. The van der Waals surface area contributed by atoms with Gasteiger partial charge in [0.15, 0.2) is 0 Å². The molecule has 154 valence electrons. The lowest BCUT2D eigenvalue weighted by Gasteiger charge is -2.28. The molecular formula is C18H24ClN3O4S2. The lowest BCUT2D eigenvalue weighted by atomic mass is 9.85. The molecule has 0 saturated carbocycles. The summed E-state index contributed by atoms with van der Waals surface area (Å²) in [6, 6.07) is 2.66. The summed E-state index contributed by atoms with van der Waals surface area (Å²) in [5, 5.41) is 1.39. The third-order valence-corrected chi connectivity index (χ3v) is 7.10. The minimum Gasteiger partial charge on any atom is -0.244 e. The van der Waals surface area contributed by atoms with E-state index in [1.54, 1.807) is 18.3 Å². The Morgan fingerprint density at radius 3 is 2.57 bits per heavy atom. The van der Waals surface area contributed by atoms with Gasteiger partial charge in [-0.3, -0.25) is 0 Å². The van der Waals surface area contributed by atoms with E-state index >= 15 is 0 Å². The van der Waals surface area contributed by atoms with Gasteiger partial charge in [0.2, 0.25) is 20.0 Å². The highest BCUT2D eigenvalue weighted by molar-refractivity contribution is 7.89. The van der Waals surface area contributed by atoms with Crippen LogP contribution in [0.15, 0.2) is 23.2 Å². The van der Waals surface area contributed by atoms with Crippen molar-refractivity contribution in [3.05, 3.63) is 34.6 Å². The summed E-state index contributed by atoms with van der Waals surface area (Å²) in [6.07, 6.45) is 4.78. The fourth-order valence-corrected chi connectivity index (χ4v) is 5.89. The number of nitrogens with one attached hydrogen (secondary N) is 2. The maximum Gasteiger partial charge on any atom is 0.241 e. The number of aromatic nitrogens is 1. The lowest BCUT2D eigenvalue weighted by Crippen LogP contribution is -2.31. The van der Waals surface area contributed by atoms with Crippen molar-refractivity contribution in [2.24, 2.45) is 5.92 Å². The summed E-state index contributed by atoms with van der Waals surface area (Å²) >= 11 is 6.05. The van der Waals surface area contributed by atoms with Crippen molar-refractivity contribution in [3.8, 4) is 0 Å². The minimum absolute atomic E-state index is 0.0911. The van der Waals surface area contributed by atoms with Crippen molar-refractivity contribution < 1.29 is 16.8 Å². The van der Waals surface area contributed by atoms with Gasteiger partial charge in [-0.05, 0) is 48.4 Å². The first-order valence-electron chi connectivity index (χ1n) is 9.06. The first-order valence-corrected chi connectivity index (χ1v) is 12.8. The van der Waals surface area contributed by atoms with E-state index < -0.39 is 26.1 Å². The number of benzene rings is 1. The molecule has 0 amide bonds. The highest BCUT2D eigenvalue weighted by Crippen LogP contribution is 2.38. The first kappa shape index (κ1) is 21.4. The zero-order valence-electron chi connectivity index (χ0n) is 16.0. The summed E-state index contributed by atoms with van der Waals surface area (Å²) in [4.78, 5) is 4.22. The van der Waals surface area contributed by atoms with E-state index in [1.807, 2.05) is 13.8 Å². The molecule has 0 radical (unpaired) electrons. The van der Waals surface area contributed by atoms with Crippen molar-refractivity contribution in [1.82, 2.24) is 14.4 Å². The van der Waals surface area contributed by atoms with Gasteiger partial charge in [0, 0.05) is 29.6 Å². The molecule has 1 heterocycles. The SMILES string of the molecule is CC(C)CNS(=O)(=O)c1cc2c(c3cnc(Cl)cc13)CCCC2NS(C)(=O)=O. The maximum atomic E-state index is 13.0. The standard InChI is InChI=1S/C18H24ClN3O4S2/c1-11(2)9-21-28(25,26)17-7-13-12(15-10-20-18(19)8-14(15)17)5-4-6-16(13)22-27(3,23)24/h7-8,10-11,16,21-22H,4-6,9H2,1-3H3. The Kier molecular flexibility index (Phi) is 6.03. The molecular weight excluding hydrogens is 422 g/mol. The van der Waals surface area contributed by atoms with Crippen LogP contribution in [0.2, 0.25) is 5.15 Å². The van der Waals surface area contributed by atoms with E-state index in [-0.39, 0.29) is 16.0 Å². The molecule has 1 aliphatic carbocycles. The zero-order valence-corrected chi connectivity index (χ0v) is 18.4. The minimum atomic E-state index is -3.81. The summed E-state index contributed by atoms with van der Waals surface area (Å²) in [5.74, 6) is 0.142. The summed E-state index contributed by atoms with van der Waals surface area (Å²) in [7, 11) is -7.26. The number of halogens is 1. The molecule has 1 unspecified atom stereocenters. The summed E-state index contributed by atoms with van der Waals surface area (Å²) in [5.41, 5.74) is 1.59. The molecule has 1 aliphatic rings. The molecule has 1 aromatic heterocycles. The highest BCUT2D eigenvalue weighted by atomic mass is 35.5. The van der Waals surface area contributed by atoms with Crippen molar-refractivity contribution in [1.29, 1.82) is 0 Å². The van der Waals surface area contributed by atoms with E-state index in [1.165, 1.54) is 0 Å². The number of pyridine rings is 1. The van der Waals surface area contributed by atoms with Gasteiger partial charge < -0.3 is 0 Å². The molecule has 0 fully saturated rings. The van der Waals surface area contributed by atoms with E-state index in [9.17, 15) is 16.8 Å². The molecule has 3 rings (SSSR count). The van der Waals surface area contributed by atoms with Crippen LogP contribution in [0.3, 0.4) is 0 Å². The Labute approximate surface area is 171 Å². The molecule has 1 aromatic carbocycles. The van der Waals surface area contributed by atoms with Crippen molar-refractivity contribution in [2.45, 2.75) is 44.0 Å². The highest BCUT2D eigenvalue weighted by Gasteiger charge is 2.29. The van der Waals surface area contributed by atoms with E-state index in [0.717, 1.165) is 24.7 Å². The number of sulfonamides is 2. The molecule has 1 atom stereocenters. The van der Waals surface area contributed by atoms with Gasteiger partial charge >= 0.3 is 0 Å². The molecule has 10 heteroatoms. The Balaban J connectivity index is 2.25. The largest absolute Gasteiger partial charge is 0.244 e. The van der Waals surface area contributed by atoms with Crippen LogP contribution >= 0.6 is 11.6 Å². The molecule has 7 nitrogen and oxygen atoms in total. The predicted molar refractivity (Wildman–Crippen MR) is 110 cm³/mol. The fourth-order valence-electron chi connectivity index (χ4n) is 3.52. The second-order valence-corrected chi connectivity index (χ2v) is 11.5. The zero-order chi connectivity index (χ0) is 20.7. The molecule has 28 heavy (non-hydrogen) atoms. The number of hydrogen-bond acceptors (Lipinski definition) is 5. The Bertz CT molecular complexity index is 1120. The third-order valence-electron chi connectivity index (χ3n) is 4.72. The normalized spacial score (nSPS) is 17.8. The number of hydrogen-bond donors (Lipinski definition) is 2. The fraction of sp³-hybridized carbons (Fsp3) is 0.500. The molecule has 0 bridgehead atoms. The number of rotatable bonds is 6. The van der Waals surface area contributed by atoms with Gasteiger partial charge in [-0.15, -0.1) is 0 Å². The molecule has 2 aromatic rings. The monoisotopic (exact) mass is 445 g/mol. The molecule has 0 aliphatic heterocycles. The predicted octanol–water partition coefficient (Wildman–Crippen LogP) is 2.75. The van der Waals surface area contributed by atoms with Crippen LogP contribution in [0.25, 0.3) is 10.8 Å². The molecule has 0 saturated heterocycles. The number of aryl methyl sites for hydroxylation is 1. The van der Waals surface area contributed by atoms with E-state index in [0.29, 0.717) is 29.3 Å². The average molecular weight is 446 g/mol. The van der Waals surface area contributed by atoms with Crippen molar-refractivity contribution in [3.63, 3.8) is 0 Å². The smallest absolute Gasteiger partial charge is 0.241 e. The Hall–Kier alpha value is -1.26. The van der Waals surface area contributed by atoms with Crippen molar-refractivity contribution in [2.75, 3.05) is 12.8 Å². The molecule has 0 spiro atoms. The van der Waals surface area contributed by atoms with Gasteiger partial charge in [-0.25, -0.2) is 31.3 Å². The lowest BCUT2D eigenvalue weighted by molar-refractivity contribution is 0.511. The van der Waals surface area contributed by atoms with Crippen molar-refractivity contribution >= 4 is 42.4 Å². The van der Waals surface area contributed by atoms with Crippen LogP contribution in [0.4, 0.5) is 0 Å². The topological polar surface area (TPSA) is 105 Å².